The highest BCUT2D eigenvalue weighted by molar-refractivity contribution is 5.75. The van der Waals surface area contributed by atoms with Crippen LogP contribution in [0.2, 0.25) is 0 Å². The molecule has 2 heteroatoms. The fraction of sp³-hybridized carbons (Fsp3) is 0.533. The largest absolute Gasteiger partial charge is 0.342 e. The van der Waals surface area contributed by atoms with E-state index in [1.54, 1.807) is 0 Å². The maximum atomic E-state index is 4.78. The van der Waals surface area contributed by atoms with Crippen molar-refractivity contribution in [3.63, 3.8) is 0 Å². The van der Waals surface area contributed by atoms with Crippen LogP contribution in [0.4, 0.5) is 0 Å². The molecule has 90 valence electrons. The molecule has 17 heavy (non-hydrogen) atoms. The van der Waals surface area contributed by atoms with E-state index in [9.17, 15) is 0 Å². The number of fused-ring (bicyclic) bond motifs is 1. The van der Waals surface area contributed by atoms with Crippen LogP contribution in [0, 0.1) is 12.3 Å². The van der Waals surface area contributed by atoms with Gasteiger partial charge in [0.1, 0.15) is 5.82 Å². The van der Waals surface area contributed by atoms with Gasteiger partial charge in [0.05, 0.1) is 11.0 Å². The summed E-state index contributed by atoms with van der Waals surface area (Å²) in [6.07, 6.45) is 3.91. The van der Waals surface area contributed by atoms with Gasteiger partial charge >= 0.3 is 0 Å². The predicted molar refractivity (Wildman–Crippen MR) is 71.2 cm³/mol. The molecule has 0 spiro atoms. The molecule has 1 N–H and O–H groups in total. The highest BCUT2D eigenvalue weighted by Gasteiger charge is 2.37. The molecule has 1 fully saturated rings. The van der Waals surface area contributed by atoms with Crippen LogP contribution in [0.5, 0.6) is 0 Å². The lowest BCUT2D eigenvalue weighted by molar-refractivity contribution is 0.324. The zero-order valence-electron chi connectivity index (χ0n) is 10.9. The highest BCUT2D eigenvalue weighted by Crippen LogP contribution is 2.48. The third-order valence-corrected chi connectivity index (χ3v) is 4.24. The number of H-pyrrole nitrogens is 1. The average Bonchev–Trinajstić information content (AvgIpc) is 2.79. The Morgan fingerprint density at radius 3 is 2.88 bits per heavy atom. The van der Waals surface area contributed by atoms with Gasteiger partial charge < -0.3 is 4.98 Å². The molecule has 0 bridgehead atoms. The minimum absolute atomic E-state index is 0.392. The second kappa shape index (κ2) is 3.59. The van der Waals surface area contributed by atoms with Gasteiger partial charge in [-0.1, -0.05) is 26.3 Å². The quantitative estimate of drug-likeness (QED) is 0.780. The van der Waals surface area contributed by atoms with Crippen LogP contribution in [-0.2, 0) is 0 Å². The van der Waals surface area contributed by atoms with Crippen molar-refractivity contribution < 1.29 is 0 Å². The summed E-state index contributed by atoms with van der Waals surface area (Å²) in [4.78, 5) is 8.30. The molecular weight excluding hydrogens is 208 g/mol. The summed E-state index contributed by atoms with van der Waals surface area (Å²) in [5.74, 6) is 1.78. The summed E-state index contributed by atoms with van der Waals surface area (Å²) in [6.45, 7) is 6.85. The van der Waals surface area contributed by atoms with Gasteiger partial charge in [-0.15, -0.1) is 0 Å². The molecule has 2 nitrogen and oxygen atoms in total. The van der Waals surface area contributed by atoms with Crippen molar-refractivity contribution >= 4 is 11.0 Å². The Bertz CT molecular complexity index is 551. The maximum Gasteiger partial charge on any atom is 0.110 e. The number of nitrogens with zero attached hydrogens (tertiary/aromatic N) is 1. The Hall–Kier alpha value is -1.31. The fourth-order valence-corrected chi connectivity index (χ4v) is 3.14. The first-order chi connectivity index (χ1) is 8.06. The molecule has 2 aromatic rings. The van der Waals surface area contributed by atoms with Crippen molar-refractivity contribution in [1.29, 1.82) is 0 Å². The Balaban J connectivity index is 2.06. The number of imidazole rings is 1. The first-order valence-corrected chi connectivity index (χ1v) is 6.52. The third kappa shape index (κ3) is 1.76. The Morgan fingerprint density at radius 2 is 2.18 bits per heavy atom. The van der Waals surface area contributed by atoms with Crippen LogP contribution in [0.25, 0.3) is 11.0 Å². The Kier molecular flexibility index (Phi) is 2.29. The van der Waals surface area contributed by atoms with Gasteiger partial charge in [0.25, 0.3) is 0 Å². The van der Waals surface area contributed by atoms with E-state index in [4.69, 9.17) is 4.98 Å². The van der Waals surface area contributed by atoms with Gasteiger partial charge in [0.15, 0.2) is 0 Å². The van der Waals surface area contributed by atoms with Crippen LogP contribution in [-0.4, -0.2) is 9.97 Å². The van der Waals surface area contributed by atoms with Crippen molar-refractivity contribution in [2.24, 2.45) is 5.41 Å². The SMILES string of the molecule is Cc1ccc2nc(C3CCCC3(C)C)[nH]c2c1. The lowest BCUT2D eigenvalue weighted by Gasteiger charge is -2.24. The molecule has 1 aliphatic rings. The lowest BCUT2D eigenvalue weighted by Crippen LogP contribution is -2.16. The monoisotopic (exact) mass is 228 g/mol. The maximum absolute atomic E-state index is 4.78. The molecule has 0 saturated heterocycles. The molecule has 1 aliphatic carbocycles. The summed E-state index contributed by atoms with van der Waals surface area (Å²) >= 11 is 0. The highest BCUT2D eigenvalue weighted by atomic mass is 14.9. The Morgan fingerprint density at radius 1 is 1.35 bits per heavy atom. The van der Waals surface area contributed by atoms with Gasteiger partial charge in [0, 0.05) is 5.92 Å². The van der Waals surface area contributed by atoms with Gasteiger partial charge in [-0.2, -0.15) is 0 Å². The number of rotatable bonds is 1. The third-order valence-electron chi connectivity index (χ3n) is 4.24. The molecule has 1 aromatic carbocycles. The van der Waals surface area contributed by atoms with Crippen LogP contribution >= 0.6 is 0 Å². The van der Waals surface area contributed by atoms with E-state index >= 15 is 0 Å². The summed E-state index contributed by atoms with van der Waals surface area (Å²) in [6, 6.07) is 6.44. The molecule has 0 aliphatic heterocycles. The normalized spacial score (nSPS) is 23.4. The topological polar surface area (TPSA) is 28.7 Å². The second-order valence-electron chi connectivity index (χ2n) is 6.08. The number of hydrogen-bond acceptors (Lipinski definition) is 1. The molecule has 3 rings (SSSR count). The number of benzene rings is 1. The van der Waals surface area contributed by atoms with Crippen LogP contribution < -0.4 is 0 Å². The van der Waals surface area contributed by atoms with Crippen molar-refractivity contribution in [3.8, 4) is 0 Å². The van der Waals surface area contributed by atoms with E-state index in [1.165, 1.54) is 36.2 Å². The van der Waals surface area contributed by atoms with Crippen molar-refractivity contribution in [2.75, 3.05) is 0 Å². The van der Waals surface area contributed by atoms with E-state index in [2.05, 4.69) is 44.0 Å². The standard InChI is InChI=1S/C15H20N2/c1-10-6-7-12-13(9-10)17-14(16-12)11-5-4-8-15(11,2)3/h6-7,9,11H,4-5,8H2,1-3H3,(H,16,17). The zero-order valence-corrected chi connectivity index (χ0v) is 10.9. The number of nitrogens with one attached hydrogen (secondary N) is 1. The van der Waals surface area contributed by atoms with Gasteiger partial charge in [-0.3, -0.25) is 0 Å². The van der Waals surface area contributed by atoms with Gasteiger partial charge in [-0.25, -0.2) is 4.98 Å². The van der Waals surface area contributed by atoms with E-state index < -0.39 is 0 Å². The first kappa shape index (κ1) is 10.8. The molecule has 1 aromatic heterocycles. The molecular formula is C15H20N2. The summed E-state index contributed by atoms with van der Waals surface area (Å²) in [5, 5.41) is 0. The van der Waals surface area contributed by atoms with Crippen LogP contribution in [0.1, 0.15) is 50.4 Å². The minimum atomic E-state index is 0.392. The molecule has 1 saturated carbocycles. The number of hydrogen-bond donors (Lipinski definition) is 1. The van der Waals surface area contributed by atoms with Crippen LogP contribution in [0.3, 0.4) is 0 Å². The van der Waals surface area contributed by atoms with E-state index in [0.29, 0.717) is 11.3 Å². The van der Waals surface area contributed by atoms with E-state index in [-0.39, 0.29) is 0 Å². The smallest absolute Gasteiger partial charge is 0.110 e. The first-order valence-electron chi connectivity index (χ1n) is 6.52. The van der Waals surface area contributed by atoms with Crippen LogP contribution in [0.15, 0.2) is 18.2 Å². The lowest BCUT2D eigenvalue weighted by atomic mass is 9.81. The average molecular weight is 228 g/mol. The molecule has 1 heterocycles. The molecule has 1 unspecified atom stereocenters. The zero-order chi connectivity index (χ0) is 12.0. The predicted octanol–water partition coefficient (Wildman–Crippen LogP) is 4.17. The number of aromatic nitrogens is 2. The van der Waals surface area contributed by atoms with Gasteiger partial charge in [0.2, 0.25) is 0 Å². The molecule has 0 amide bonds. The fourth-order valence-electron chi connectivity index (χ4n) is 3.14. The number of aryl methyl sites for hydroxylation is 1. The number of aromatic amines is 1. The van der Waals surface area contributed by atoms with Gasteiger partial charge in [-0.05, 0) is 42.9 Å². The van der Waals surface area contributed by atoms with Crippen molar-refractivity contribution in [2.45, 2.75) is 46.0 Å². The minimum Gasteiger partial charge on any atom is -0.342 e. The van der Waals surface area contributed by atoms with E-state index in [0.717, 1.165) is 5.52 Å². The summed E-state index contributed by atoms with van der Waals surface area (Å²) in [7, 11) is 0. The van der Waals surface area contributed by atoms with Crippen molar-refractivity contribution in [3.05, 3.63) is 29.6 Å². The van der Waals surface area contributed by atoms with E-state index in [1.807, 2.05) is 0 Å². The Labute approximate surface area is 102 Å². The molecule has 1 atom stereocenters. The van der Waals surface area contributed by atoms with Crippen molar-refractivity contribution in [1.82, 2.24) is 9.97 Å². The molecule has 0 radical (unpaired) electrons. The summed E-state index contributed by atoms with van der Waals surface area (Å²) < 4.78 is 0. The second-order valence-corrected chi connectivity index (χ2v) is 6.08. The summed E-state index contributed by atoms with van der Waals surface area (Å²) in [5.41, 5.74) is 3.97.